The number of halogens is 3. The molecule has 0 spiro atoms. The fourth-order valence-electron chi connectivity index (χ4n) is 2.86. The van der Waals surface area contributed by atoms with Crippen LogP contribution in [0.2, 0.25) is 15.1 Å². The van der Waals surface area contributed by atoms with E-state index in [1.807, 2.05) is 24.3 Å². The van der Waals surface area contributed by atoms with Crippen LogP contribution in [0.25, 0.3) is 33.5 Å². The van der Waals surface area contributed by atoms with Gasteiger partial charge in [0.2, 0.25) is 11.5 Å². The second-order valence-electron chi connectivity index (χ2n) is 5.82. The molecule has 2 heterocycles. The number of nitrogens with zero attached hydrogens (tertiary/aromatic N) is 2. The van der Waals surface area contributed by atoms with Crippen LogP contribution in [0, 0.1) is 11.3 Å². The van der Waals surface area contributed by atoms with E-state index in [1.165, 1.54) is 0 Å². The van der Waals surface area contributed by atoms with E-state index in [9.17, 15) is 5.26 Å². The first-order chi connectivity index (χ1) is 13.0. The van der Waals surface area contributed by atoms with Gasteiger partial charge in [0.1, 0.15) is 6.07 Å². The second-order valence-corrected chi connectivity index (χ2v) is 7.11. The summed E-state index contributed by atoms with van der Waals surface area (Å²) in [5.41, 5.74) is 9.48. The number of nitrogens with two attached hydrogens (primary N) is 1. The van der Waals surface area contributed by atoms with Crippen molar-refractivity contribution in [1.29, 1.82) is 5.26 Å². The maximum Gasteiger partial charge on any atom is 0.230 e. The summed E-state index contributed by atoms with van der Waals surface area (Å²) >= 11 is 18.5. The van der Waals surface area contributed by atoms with Crippen LogP contribution in [-0.2, 0) is 0 Å². The van der Waals surface area contributed by atoms with Gasteiger partial charge in [-0.05, 0) is 42.0 Å². The van der Waals surface area contributed by atoms with Crippen LogP contribution in [0.5, 0.6) is 0 Å². The Balaban J connectivity index is 2.07. The summed E-state index contributed by atoms with van der Waals surface area (Å²) in [7, 11) is 0. The molecule has 0 unspecified atom stereocenters. The van der Waals surface area contributed by atoms with Crippen LogP contribution < -0.4 is 5.73 Å². The Morgan fingerprint density at radius 2 is 1.63 bits per heavy atom. The van der Waals surface area contributed by atoms with Gasteiger partial charge in [0, 0.05) is 21.2 Å². The van der Waals surface area contributed by atoms with Gasteiger partial charge in [-0.25, -0.2) is 4.98 Å². The zero-order valence-corrected chi connectivity index (χ0v) is 15.9. The van der Waals surface area contributed by atoms with Crippen LogP contribution in [0.15, 0.2) is 52.9 Å². The smallest absolute Gasteiger partial charge is 0.230 e. The SMILES string of the molecule is N#Cc1oc2nc(-c3ccc(Cl)cc3Cl)c(-c3ccc(Cl)cc3)cc2c1N. The van der Waals surface area contributed by atoms with E-state index in [0.29, 0.717) is 31.7 Å². The lowest BCUT2D eigenvalue weighted by Crippen LogP contribution is -1.92. The Morgan fingerprint density at radius 1 is 0.926 bits per heavy atom. The summed E-state index contributed by atoms with van der Waals surface area (Å²) in [4.78, 5) is 4.61. The molecule has 0 bridgehead atoms. The Morgan fingerprint density at radius 3 is 2.30 bits per heavy atom. The average molecular weight is 415 g/mol. The van der Waals surface area contributed by atoms with E-state index in [4.69, 9.17) is 45.0 Å². The van der Waals surface area contributed by atoms with Crippen molar-refractivity contribution in [3.05, 3.63) is 69.4 Å². The molecule has 0 aliphatic carbocycles. The van der Waals surface area contributed by atoms with E-state index in [1.54, 1.807) is 30.3 Å². The van der Waals surface area contributed by atoms with Gasteiger partial charge in [0.15, 0.2) is 0 Å². The molecule has 27 heavy (non-hydrogen) atoms. The summed E-state index contributed by atoms with van der Waals surface area (Å²) in [5, 5.41) is 11.3. The fraction of sp³-hybridized carbons (Fsp3) is 0. The lowest BCUT2D eigenvalue weighted by atomic mass is 9.98. The Hall–Kier alpha value is -2.71. The van der Waals surface area contributed by atoms with Crippen molar-refractivity contribution in [1.82, 2.24) is 4.98 Å². The number of nitrogen functional groups attached to an aromatic ring is 1. The van der Waals surface area contributed by atoms with Crippen LogP contribution in [0.1, 0.15) is 5.76 Å². The predicted octanol–water partition coefficient (Wildman–Crippen LogP) is 6.58. The zero-order chi connectivity index (χ0) is 19.1. The van der Waals surface area contributed by atoms with Crippen LogP contribution in [0.4, 0.5) is 5.69 Å². The molecule has 0 fully saturated rings. The summed E-state index contributed by atoms with van der Waals surface area (Å²) in [6.07, 6.45) is 0. The van der Waals surface area contributed by atoms with Gasteiger partial charge in [-0.3, -0.25) is 0 Å². The number of hydrogen-bond donors (Lipinski definition) is 1. The van der Waals surface area contributed by atoms with E-state index in [-0.39, 0.29) is 17.2 Å². The summed E-state index contributed by atoms with van der Waals surface area (Å²) in [6, 6.07) is 16.3. The molecular formula is C20H10Cl3N3O. The molecule has 132 valence electrons. The minimum Gasteiger partial charge on any atom is -0.425 e. The van der Waals surface area contributed by atoms with Gasteiger partial charge in [-0.1, -0.05) is 46.9 Å². The molecule has 7 heteroatoms. The van der Waals surface area contributed by atoms with Gasteiger partial charge in [-0.2, -0.15) is 5.26 Å². The highest BCUT2D eigenvalue weighted by Crippen LogP contribution is 2.40. The number of furan rings is 1. The first kappa shape index (κ1) is 17.7. The number of rotatable bonds is 2. The number of hydrogen-bond acceptors (Lipinski definition) is 4. The first-order valence-corrected chi connectivity index (χ1v) is 8.96. The van der Waals surface area contributed by atoms with Gasteiger partial charge < -0.3 is 10.2 Å². The highest BCUT2D eigenvalue weighted by molar-refractivity contribution is 6.36. The van der Waals surface area contributed by atoms with Crippen molar-refractivity contribution in [2.24, 2.45) is 0 Å². The Kier molecular flexibility index (Phi) is 4.45. The first-order valence-electron chi connectivity index (χ1n) is 7.82. The number of aromatic nitrogens is 1. The van der Waals surface area contributed by atoms with E-state index in [2.05, 4.69) is 4.98 Å². The third kappa shape index (κ3) is 3.11. The topological polar surface area (TPSA) is 75.8 Å². The van der Waals surface area contributed by atoms with Crippen molar-refractivity contribution in [3.8, 4) is 28.5 Å². The third-order valence-electron chi connectivity index (χ3n) is 4.16. The lowest BCUT2D eigenvalue weighted by Gasteiger charge is -2.11. The lowest BCUT2D eigenvalue weighted by molar-refractivity contribution is 0.589. The van der Waals surface area contributed by atoms with Crippen molar-refractivity contribution in [3.63, 3.8) is 0 Å². The number of anilines is 1. The van der Waals surface area contributed by atoms with Crippen LogP contribution in [-0.4, -0.2) is 4.98 Å². The number of benzene rings is 2. The molecule has 0 saturated carbocycles. The predicted molar refractivity (Wildman–Crippen MR) is 109 cm³/mol. The molecule has 0 amide bonds. The highest BCUT2D eigenvalue weighted by atomic mass is 35.5. The maximum atomic E-state index is 9.20. The molecule has 2 aromatic carbocycles. The van der Waals surface area contributed by atoms with Crippen LogP contribution in [0.3, 0.4) is 0 Å². The van der Waals surface area contributed by atoms with Gasteiger partial charge in [-0.15, -0.1) is 0 Å². The van der Waals surface area contributed by atoms with E-state index < -0.39 is 0 Å². The molecule has 4 rings (SSSR count). The van der Waals surface area contributed by atoms with Crippen molar-refractivity contribution in [2.45, 2.75) is 0 Å². The largest absolute Gasteiger partial charge is 0.425 e. The summed E-state index contributed by atoms with van der Waals surface area (Å²) in [5.74, 6) is 0.0268. The number of fused-ring (bicyclic) bond motifs is 1. The average Bonchev–Trinajstić information content (AvgIpc) is 2.97. The highest BCUT2D eigenvalue weighted by Gasteiger charge is 2.19. The zero-order valence-electron chi connectivity index (χ0n) is 13.6. The monoisotopic (exact) mass is 413 g/mol. The standard InChI is InChI=1S/C20H10Cl3N3O/c21-11-3-1-10(2-4-11)14-8-15-18(25)17(9-24)27-20(15)26-19(14)13-6-5-12(22)7-16(13)23/h1-8H,25H2. The third-order valence-corrected chi connectivity index (χ3v) is 4.96. The normalized spacial score (nSPS) is 10.9. The minimum absolute atomic E-state index is 0.0268. The van der Waals surface area contributed by atoms with E-state index in [0.717, 1.165) is 11.1 Å². The van der Waals surface area contributed by atoms with Gasteiger partial charge in [0.25, 0.3) is 0 Å². The molecule has 0 atom stereocenters. The maximum absolute atomic E-state index is 9.20. The molecule has 0 radical (unpaired) electrons. The van der Waals surface area contributed by atoms with Gasteiger partial charge in [0.05, 0.1) is 21.8 Å². The Bertz CT molecular complexity index is 1220. The Labute approximate surface area is 169 Å². The van der Waals surface area contributed by atoms with Crippen LogP contribution >= 0.6 is 34.8 Å². The molecule has 2 aromatic heterocycles. The fourth-order valence-corrected chi connectivity index (χ4v) is 3.48. The molecule has 0 aliphatic heterocycles. The molecule has 4 aromatic rings. The molecule has 0 aliphatic rings. The van der Waals surface area contributed by atoms with Gasteiger partial charge >= 0.3 is 0 Å². The summed E-state index contributed by atoms with van der Waals surface area (Å²) < 4.78 is 5.50. The van der Waals surface area contributed by atoms with E-state index >= 15 is 0 Å². The molecular weight excluding hydrogens is 405 g/mol. The molecule has 4 nitrogen and oxygen atoms in total. The van der Waals surface area contributed by atoms with Crippen molar-refractivity contribution >= 4 is 51.6 Å². The molecule has 2 N–H and O–H groups in total. The summed E-state index contributed by atoms with van der Waals surface area (Å²) in [6.45, 7) is 0. The van der Waals surface area contributed by atoms with Crippen molar-refractivity contribution in [2.75, 3.05) is 5.73 Å². The number of nitriles is 1. The second kappa shape index (κ2) is 6.79. The minimum atomic E-state index is 0.0268. The quantitative estimate of drug-likeness (QED) is 0.402. The number of pyridine rings is 1. The molecule has 0 saturated heterocycles. The van der Waals surface area contributed by atoms with Crippen molar-refractivity contribution < 1.29 is 4.42 Å².